The molecule has 0 saturated heterocycles. The van der Waals surface area contributed by atoms with Gasteiger partial charge in [0.25, 0.3) is 5.91 Å². The number of nitriles is 1. The molecule has 0 bridgehead atoms. The zero-order valence-electron chi connectivity index (χ0n) is 12.8. The van der Waals surface area contributed by atoms with Crippen LogP contribution >= 0.6 is 11.6 Å². The summed E-state index contributed by atoms with van der Waals surface area (Å²) in [6.45, 7) is 1.48. The van der Waals surface area contributed by atoms with Crippen molar-refractivity contribution in [1.29, 1.82) is 5.26 Å². The van der Waals surface area contributed by atoms with Crippen LogP contribution in [0.4, 0.5) is 11.4 Å². The van der Waals surface area contributed by atoms with Crippen molar-refractivity contribution in [3.8, 4) is 6.07 Å². The molecule has 0 heterocycles. The zero-order valence-corrected chi connectivity index (χ0v) is 13.6. The molecule has 120 valence electrons. The normalized spacial score (nSPS) is 10.6. The van der Waals surface area contributed by atoms with Gasteiger partial charge in [-0.3, -0.25) is 9.59 Å². The van der Waals surface area contributed by atoms with Crippen molar-refractivity contribution in [2.75, 3.05) is 10.6 Å². The van der Waals surface area contributed by atoms with Gasteiger partial charge in [-0.1, -0.05) is 17.7 Å². The summed E-state index contributed by atoms with van der Waals surface area (Å²) in [5.41, 5.74) is 1.65. The van der Waals surface area contributed by atoms with E-state index in [9.17, 15) is 9.59 Å². The summed E-state index contributed by atoms with van der Waals surface area (Å²) >= 11 is 5.85. The predicted molar refractivity (Wildman–Crippen MR) is 93.8 cm³/mol. The van der Waals surface area contributed by atoms with E-state index in [1.54, 1.807) is 48.5 Å². The Morgan fingerprint density at radius 2 is 1.83 bits per heavy atom. The predicted octanol–water partition coefficient (Wildman–Crippen LogP) is 4.00. The van der Waals surface area contributed by atoms with Crippen LogP contribution in [0, 0.1) is 11.3 Å². The molecule has 0 aliphatic heterocycles. The highest BCUT2D eigenvalue weighted by Gasteiger charge is 2.09. The van der Waals surface area contributed by atoms with Crippen LogP contribution in [-0.2, 0) is 4.79 Å². The maximum absolute atomic E-state index is 12.1. The Balaban J connectivity index is 2.07. The third kappa shape index (κ3) is 4.70. The highest BCUT2D eigenvalue weighted by Crippen LogP contribution is 2.16. The first-order valence-corrected chi connectivity index (χ1v) is 7.42. The molecule has 2 aromatic rings. The molecular weight excluding hydrogens is 326 g/mol. The van der Waals surface area contributed by atoms with E-state index in [0.29, 0.717) is 22.0 Å². The molecule has 0 aliphatic rings. The Hall–Kier alpha value is -3.10. The molecule has 0 aromatic heterocycles. The summed E-state index contributed by atoms with van der Waals surface area (Å²) in [5, 5.41) is 15.1. The Morgan fingerprint density at radius 1 is 1.12 bits per heavy atom. The maximum atomic E-state index is 12.1. The topological polar surface area (TPSA) is 82.0 Å². The summed E-state index contributed by atoms with van der Waals surface area (Å²) in [6.07, 6.45) is 1.31. The number of benzene rings is 2. The second kappa shape index (κ2) is 7.95. The van der Waals surface area contributed by atoms with Crippen molar-refractivity contribution in [3.05, 3.63) is 70.9 Å². The summed E-state index contributed by atoms with van der Waals surface area (Å²) in [4.78, 5) is 23.3. The molecule has 0 atom stereocenters. The third-order valence-electron chi connectivity index (χ3n) is 3.12. The highest BCUT2D eigenvalue weighted by atomic mass is 35.5. The van der Waals surface area contributed by atoms with Gasteiger partial charge in [-0.2, -0.15) is 5.26 Å². The van der Waals surface area contributed by atoms with Crippen molar-refractivity contribution < 1.29 is 9.59 Å². The molecule has 6 heteroatoms. The molecule has 0 saturated carbocycles. The van der Waals surface area contributed by atoms with Crippen LogP contribution in [0.3, 0.4) is 0 Å². The van der Waals surface area contributed by atoms with Crippen molar-refractivity contribution >= 4 is 34.7 Å². The van der Waals surface area contributed by atoms with Crippen molar-refractivity contribution in [3.63, 3.8) is 0 Å². The van der Waals surface area contributed by atoms with E-state index in [1.165, 1.54) is 13.1 Å². The second-order valence-corrected chi connectivity index (χ2v) is 5.35. The van der Waals surface area contributed by atoms with Gasteiger partial charge in [-0.15, -0.1) is 0 Å². The number of carbonyl (C=O) groups is 2. The molecule has 24 heavy (non-hydrogen) atoms. The van der Waals surface area contributed by atoms with E-state index in [1.807, 2.05) is 6.07 Å². The van der Waals surface area contributed by atoms with Crippen LogP contribution < -0.4 is 10.6 Å². The Bertz CT molecular complexity index is 836. The Morgan fingerprint density at radius 3 is 2.42 bits per heavy atom. The number of rotatable bonds is 5. The zero-order chi connectivity index (χ0) is 17.5. The molecule has 0 unspecified atom stereocenters. The lowest BCUT2D eigenvalue weighted by molar-refractivity contribution is -0.112. The number of carbonyl (C=O) groups excluding carboxylic acids is 2. The quantitative estimate of drug-likeness (QED) is 0.490. The Labute approximate surface area is 144 Å². The van der Waals surface area contributed by atoms with Crippen LogP contribution in [0.25, 0.3) is 0 Å². The van der Waals surface area contributed by atoms with Crippen LogP contribution in [0.15, 0.2) is 60.3 Å². The summed E-state index contributed by atoms with van der Waals surface area (Å²) in [7, 11) is 0. The fourth-order valence-corrected chi connectivity index (χ4v) is 2.06. The van der Waals surface area contributed by atoms with E-state index in [2.05, 4.69) is 10.6 Å². The van der Waals surface area contributed by atoms with Crippen LogP contribution in [0.2, 0.25) is 5.02 Å². The van der Waals surface area contributed by atoms with Gasteiger partial charge in [-0.25, -0.2) is 0 Å². The van der Waals surface area contributed by atoms with Crippen LogP contribution in [0.1, 0.15) is 17.3 Å². The van der Waals surface area contributed by atoms with Gasteiger partial charge in [0, 0.05) is 28.2 Å². The van der Waals surface area contributed by atoms with Gasteiger partial charge in [0.15, 0.2) is 5.78 Å². The minimum Gasteiger partial charge on any atom is -0.360 e. The fourth-order valence-electron chi connectivity index (χ4n) is 1.87. The number of nitrogens with one attached hydrogen (secondary N) is 2. The third-order valence-corrected chi connectivity index (χ3v) is 3.36. The molecule has 2 rings (SSSR count). The standard InChI is InChI=1S/C18H14ClN3O2/c1-12(23)13-5-7-16(8-6-13)21-11-14(10-20)18(24)22-17-4-2-3-15(19)9-17/h2-9,11,21H,1H3,(H,22,24). The average Bonchev–Trinajstić information content (AvgIpc) is 2.56. The molecule has 1 amide bonds. The number of halogens is 1. The molecule has 2 N–H and O–H groups in total. The van der Waals surface area contributed by atoms with E-state index < -0.39 is 5.91 Å². The van der Waals surface area contributed by atoms with E-state index in [-0.39, 0.29) is 11.4 Å². The van der Waals surface area contributed by atoms with E-state index in [0.717, 1.165) is 0 Å². The lowest BCUT2D eigenvalue weighted by atomic mass is 10.1. The minimum atomic E-state index is -0.548. The van der Waals surface area contributed by atoms with Gasteiger partial charge >= 0.3 is 0 Å². The maximum Gasteiger partial charge on any atom is 0.267 e. The van der Waals surface area contributed by atoms with Crippen molar-refractivity contribution in [1.82, 2.24) is 0 Å². The summed E-state index contributed by atoms with van der Waals surface area (Å²) < 4.78 is 0. The van der Waals surface area contributed by atoms with Crippen LogP contribution in [0.5, 0.6) is 0 Å². The second-order valence-electron chi connectivity index (χ2n) is 4.91. The van der Waals surface area contributed by atoms with Gasteiger partial charge in [0.2, 0.25) is 0 Å². The first kappa shape index (κ1) is 17.3. The number of nitrogens with zero attached hydrogens (tertiary/aromatic N) is 1. The largest absolute Gasteiger partial charge is 0.360 e. The highest BCUT2D eigenvalue weighted by molar-refractivity contribution is 6.31. The first-order chi connectivity index (χ1) is 11.5. The monoisotopic (exact) mass is 339 g/mol. The average molecular weight is 340 g/mol. The number of amides is 1. The lowest BCUT2D eigenvalue weighted by Crippen LogP contribution is -2.14. The molecule has 0 spiro atoms. The number of hydrogen-bond acceptors (Lipinski definition) is 4. The van der Waals surface area contributed by atoms with Crippen LogP contribution in [-0.4, -0.2) is 11.7 Å². The Kier molecular flexibility index (Phi) is 5.72. The molecular formula is C18H14ClN3O2. The van der Waals surface area contributed by atoms with Gasteiger partial charge in [0.1, 0.15) is 11.6 Å². The van der Waals surface area contributed by atoms with Gasteiger partial charge < -0.3 is 10.6 Å². The van der Waals surface area contributed by atoms with Crippen molar-refractivity contribution in [2.45, 2.75) is 6.92 Å². The molecule has 0 fully saturated rings. The number of hydrogen-bond donors (Lipinski definition) is 2. The smallest absolute Gasteiger partial charge is 0.267 e. The van der Waals surface area contributed by atoms with Gasteiger partial charge in [-0.05, 0) is 49.4 Å². The lowest BCUT2D eigenvalue weighted by Gasteiger charge is -2.06. The number of anilines is 2. The molecule has 0 aliphatic carbocycles. The van der Waals surface area contributed by atoms with Crippen molar-refractivity contribution in [2.24, 2.45) is 0 Å². The molecule has 2 aromatic carbocycles. The molecule has 0 radical (unpaired) electrons. The minimum absolute atomic E-state index is 0.0318. The number of Topliss-reactive ketones (excluding diaryl/α,β-unsaturated/α-hetero) is 1. The van der Waals surface area contributed by atoms with E-state index >= 15 is 0 Å². The van der Waals surface area contributed by atoms with Gasteiger partial charge in [0.05, 0.1) is 0 Å². The summed E-state index contributed by atoms with van der Waals surface area (Å²) in [5.74, 6) is -0.580. The number of ketones is 1. The molecule has 5 nitrogen and oxygen atoms in total. The summed E-state index contributed by atoms with van der Waals surface area (Å²) in [6, 6.07) is 15.2. The first-order valence-electron chi connectivity index (χ1n) is 7.04. The fraction of sp³-hybridized carbons (Fsp3) is 0.0556. The van der Waals surface area contributed by atoms with E-state index in [4.69, 9.17) is 16.9 Å². The SMILES string of the molecule is CC(=O)c1ccc(NC=C(C#N)C(=O)Nc2cccc(Cl)c2)cc1.